The van der Waals surface area contributed by atoms with Crippen molar-refractivity contribution in [2.45, 2.75) is 6.42 Å². The van der Waals surface area contributed by atoms with Crippen molar-refractivity contribution in [1.82, 2.24) is 25.4 Å². The molecular formula is C22H15F2N5S. The molecule has 3 aromatic heterocycles. The van der Waals surface area contributed by atoms with Gasteiger partial charge < -0.3 is 0 Å². The number of hydrogen-bond acceptors (Lipinski definition) is 4. The number of fused-ring (bicyclic) bond motifs is 1. The number of halogens is 2. The van der Waals surface area contributed by atoms with Gasteiger partial charge in [0.15, 0.2) is 5.82 Å². The maximum absolute atomic E-state index is 14.7. The summed E-state index contributed by atoms with van der Waals surface area (Å²) in [4.78, 5) is 5.60. The van der Waals surface area contributed by atoms with E-state index in [-0.39, 0.29) is 5.82 Å². The molecule has 0 atom stereocenters. The van der Waals surface area contributed by atoms with E-state index >= 15 is 0 Å². The first-order valence-electron chi connectivity index (χ1n) is 9.21. The minimum atomic E-state index is -0.429. The molecule has 5 rings (SSSR count). The molecule has 5 aromatic rings. The van der Waals surface area contributed by atoms with Gasteiger partial charge >= 0.3 is 0 Å². The van der Waals surface area contributed by atoms with Crippen LogP contribution in [0.25, 0.3) is 34.4 Å². The van der Waals surface area contributed by atoms with Crippen LogP contribution in [0.3, 0.4) is 0 Å². The van der Waals surface area contributed by atoms with Crippen molar-refractivity contribution >= 4 is 34.4 Å². The largest absolute Gasteiger partial charge is 0.277 e. The van der Waals surface area contributed by atoms with Gasteiger partial charge in [-0.1, -0.05) is 24.3 Å². The molecule has 0 unspecified atom stereocenters. The molecule has 148 valence electrons. The number of aromatic nitrogens is 5. The molecule has 0 aliphatic carbocycles. The Kier molecular flexibility index (Phi) is 4.68. The van der Waals surface area contributed by atoms with Gasteiger partial charge in [0.05, 0.1) is 16.8 Å². The van der Waals surface area contributed by atoms with Gasteiger partial charge in [0.2, 0.25) is 0 Å². The summed E-state index contributed by atoms with van der Waals surface area (Å²) in [5.41, 5.74) is 2.35. The number of hydrogen-bond donors (Lipinski definition) is 2. The molecular weight excluding hydrogens is 404 g/mol. The highest BCUT2D eigenvalue weighted by atomic mass is 32.1. The Morgan fingerprint density at radius 2 is 1.83 bits per heavy atom. The third-order valence-corrected chi connectivity index (χ3v) is 5.55. The van der Waals surface area contributed by atoms with Crippen molar-refractivity contribution < 1.29 is 8.78 Å². The van der Waals surface area contributed by atoms with Crippen molar-refractivity contribution in [3.63, 3.8) is 0 Å². The lowest BCUT2D eigenvalue weighted by Crippen LogP contribution is -1.89. The molecule has 0 amide bonds. The number of H-pyrrole nitrogens is 2. The minimum absolute atomic E-state index is 0.289. The monoisotopic (exact) mass is 419 g/mol. The van der Waals surface area contributed by atoms with Crippen LogP contribution in [-0.2, 0) is 6.42 Å². The van der Waals surface area contributed by atoms with Gasteiger partial charge in [-0.25, -0.2) is 13.8 Å². The summed E-state index contributed by atoms with van der Waals surface area (Å²) >= 11 is 1.63. The summed E-state index contributed by atoms with van der Waals surface area (Å²) in [7, 11) is 0. The first-order chi connectivity index (χ1) is 14.7. The van der Waals surface area contributed by atoms with Gasteiger partial charge in [0.1, 0.15) is 17.5 Å². The quantitative estimate of drug-likeness (QED) is 0.398. The van der Waals surface area contributed by atoms with Crippen LogP contribution in [0.1, 0.15) is 22.0 Å². The van der Waals surface area contributed by atoms with E-state index in [1.807, 2.05) is 23.6 Å². The molecule has 2 N–H and O–H groups in total. The average molecular weight is 419 g/mol. The molecule has 5 nitrogen and oxygen atoms in total. The first-order valence-corrected chi connectivity index (χ1v) is 10.1. The molecule has 0 aliphatic rings. The van der Waals surface area contributed by atoms with Gasteiger partial charge in [-0.05, 0) is 41.3 Å². The number of nitrogens with zero attached hydrogens (tertiary/aromatic N) is 3. The summed E-state index contributed by atoms with van der Waals surface area (Å²) in [5, 5.41) is 16.9. The molecule has 30 heavy (non-hydrogen) atoms. The van der Waals surface area contributed by atoms with E-state index in [2.05, 4.69) is 25.4 Å². The van der Waals surface area contributed by atoms with Crippen molar-refractivity contribution in [2.24, 2.45) is 0 Å². The molecule has 0 fully saturated rings. The van der Waals surface area contributed by atoms with E-state index in [1.54, 1.807) is 35.6 Å². The molecule has 0 aliphatic heterocycles. The van der Waals surface area contributed by atoms with Gasteiger partial charge in [-0.2, -0.15) is 10.2 Å². The molecule has 0 saturated carbocycles. The zero-order valence-electron chi connectivity index (χ0n) is 15.6. The molecule has 3 heterocycles. The normalized spacial score (nSPS) is 11.7. The van der Waals surface area contributed by atoms with Crippen LogP contribution >= 0.6 is 11.3 Å². The summed E-state index contributed by atoms with van der Waals surface area (Å²) < 4.78 is 27.8. The molecule has 0 bridgehead atoms. The van der Waals surface area contributed by atoms with Gasteiger partial charge in [0.25, 0.3) is 0 Å². The molecule has 8 heteroatoms. The van der Waals surface area contributed by atoms with Crippen molar-refractivity contribution in [1.29, 1.82) is 0 Å². The summed E-state index contributed by atoms with van der Waals surface area (Å²) in [6, 6.07) is 13.2. The zero-order chi connectivity index (χ0) is 20.5. The van der Waals surface area contributed by atoms with E-state index in [9.17, 15) is 8.78 Å². The highest BCUT2D eigenvalue weighted by Crippen LogP contribution is 2.27. The van der Waals surface area contributed by atoms with Gasteiger partial charge in [-0.3, -0.25) is 10.2 Å². The zero-order valence-corrected chi connectivity index (χ0v) is 16.4. The van der Waals surface area contributed by atoms with Crippen LogP contribution in [0.15, 0.2) is 53.9 Å². The van der Waals surface area contributed by atoms with E-state index in [0.29, 0.717) is 34.8 Å². The molecule has 0 radical (unpaired) electrons. The number of benzene rings is 2. The fourth-order valence-corrected chi connectivity index (χ4v) is 3.89. The highest BCUT2D eigenvalue weighted by molar-refractivity contribution is 7.09. The first kappa shape index (κ1) is 18.4. The standard InChI is InChI=1S/C22H15F2N5S/c23-14-6-3-13(4-7-14)5-8-19-17-11-16(18(24)12-20(17)27-26-19)22-25-21(28-29-22)10-15-2-1-9-30-15/h1-9,11-12H,10H2,(H,26,27)(H,25,28,29)/b8-5+. The van der Waals surface area contributed by atoms with Crippen molar-refractivity contribution in [3.05, 3.63) is 87.5 Å². The Balaban J connectivity index is 1.47. The van der Waals surface area contributed by atoms with E-state index < -0.39 is 5.82 Å². The van der Waals surface area contributed by atoms with Crippen LogP contribution in [0, 0.1) is 11.6 Å². The molecule has 0 spiro atoms. The lowest BCUT2D eigenvalue weighted by molar-refractivity contribution is 0.627. The highest BCUT2D eigenvalue weighted by Gasteiger charge is 2.15. The SMILES string of the molecule is Fc1ccc(/C=C/c2n[nH]c3cc(F)c(-c4n[nH]c(Cc5cccs5)n4)cc23)cc1. The minimum Gasteiger partial charge on any atom is -0.277 e. The van der Waals surface area contributed by atoms with E-state index in [0.717, 1.165) is 15.8 Å². The Bertz CT molecular complexity index is 1330. The van der Waals surface area contributed by atoms with Crippen molar-refractivity contribution in [2.75, 3.05) is 0 Å². The Hall–Kier alpha value is -3.65. The Labute approximate surface area is 174 Å². The second-order valence-corrected chi connectivity index (χ2v) is 7.77. The maximum atomic E-state index is 14.7. The number of thiophene rings is 1. The lowest BCUT2D eigenvalue weighted by Gasteiger charge is -1.99. The second kappa shape index (κ2) is 7.64. The number of nitrogens with one attached hydrogen (secondary N) is 2. The second-order valence-electron chi connectivity index (χ2n) is 6.73. The van der Waals surface area contributed by atoms with E-state index in [1.165, 1.54) is 18.2 Å². The fourth-order valence-electron chi connectivity index (χ4n) is 3.18. The van der Waals surface area contributed by atoms with Crippen LogP contribution in [0.2, 0.25) is 0 Å². The average Bonchev–Trinajstić information content (AvgIpc) is 3.49. The lowest BCUT2D eigenvalue weighted by atomic mass is 10.1. The summed E-state index contributed by atoms with van der Waals surface area (Å²) in [6.45, 7) is 0. The van der Waals surface area contributed by atoms with E-state index in [4.69, 9.17) is 0 Å². The van der Waals surface area contributed by atoms with Crippen molar-refractivity contribution in [3.8, 4) is 11.4 Å². The van der Waals surface area contributed by atoms with Crippen LogP contribution in [0.4, 0.5) is 8.78 Å². The van der Waals surface area contributed by atoms with Gasteiger partial charge in [0, 0.05) is 22.8 Å². The van der Waals surface area contributed by atoms with Crippen LogP contribution in [0.5, 0.6) is 0 Å². The van der Waals surface area contributed by atoms with Crippen LogP contribution in [-0.4, -0.2) is 25.4 Å². The predicted molar refractivity (Wildman–Crippen MR) is 114 cm³/mol. The maximum Gasteiger partial charge on any atom is 0.184 e. The topological polar surface area (TPSA) is 70.2 Å². The predicted octanol–water partition coefficient (Wildman–Crippen LogP) is 5.45. The Morgan fingerprint density at radius 3 is 2.63 bits per heavy atom. The van der Waals surface area contributed by atoms with Crippen LogP contribution < -0.4 is 0 Å². The third kappa shape index (κ3) is 3.65. The van der Waals surface area contributed by atoms with Gasteiger partial charge in [-0.15, -0.1) is 11.3 Å². The summed E-state index contributed by atoms with van der Waals surface area (Å²) in [6.07, 6.45) is 4.24. The molecule has 2 aromatic carbocycles. The summed E-state index contributed by atoms with van der Waals surface area (Å²) in [5.74, 6) is 0.260. The smallest absolute Gasteiger partial charge is 0.184 e. The fraction of sp³-hybridized carbons (Fsp3) is 0.0455. The number of aromatic amines is 2. The Morgan fingerprint density at radius 1 is 0.967 bits per heavy atom. The molecule has 0 saturated heterocycles. The number of rotatable bonds is 5. The third-order valence-electron chi connectivity index (χ3n) is 4.68.